The van der Waals surface area contributed by atoms with Gasteiger partial charge in [-0.1, -0.05) is 0 Å². The summed E-state index contributed by atoms with van der Waals surface area (Å²) in [7, 11) is 0. The molecule has 0 saturated heterocycles. The van der Waals surface area contributed by atoms with E-state index >= 15 is 0 Å². The minimum Gasteiger partial charge on any atom is -0.384 e. The standard InChI is InChI=1S/C5H11N5/c6-3-1-4(7)10-2-5(3,8)9/h1-3H,6-9H2. The highest BCUT2D eigenvalue weighted by Gasteiger charge is 2.26. The number of hydrogen-bond donors (Lipinski definition) is 4. The molecular weight excluding hydrogens is 130 g/mol. The van der Waals surface area contributed by atoms with Gasteiger partial charge < -0.3 is 22.9 Å². The van der Waals surface area contributed by atoms with Gasteiger partial charge in [-0.3, -0.25) is 0 Å². The van der Waals surface area contributed by atoms with Crippen molar-refractivity contribution in [3.63, 3.8) is 0 Å². The van der Waals surface area contributed by atoms with Crippen LogP contribution in [0.25, 0.3) is 0 Å². The van der Waals surface area contributed by atoms with Crippen molar-refractivity contribution in [1.29, 1.82) is 0 Å². The molecule has 5 nitrogen and oxygen atoms in total. The minimum absolute atomic E-state index is 0.360. The molecular formula is C5H11N5. The molecule has 1 aliphatic heterocycles. The van der Waals surface area contributed by atoms with E-state index in [1.165, 1.54) is 12.3 Å². The van der Waals surface area contributed by atoms with Crippen LogP contribution in [-0.2, 0) is 0 Å². The average molecular weight is 141 g/mol. The lowest BCUT2D eigenvalue weighted by atomic mass is 10.0. The Hall–Kier alpha value is -0.910. The van der Waals surface area contributed by atoms with Crippen LogP contribution in [0.15, 0.2) is 16.9 Å². The van der Waals surface area contributed by atoms with Crippen molar-refractivity contribution in [3.8, 4) is 0 Å². The summed E-state index contributed by atoms with van der Waals surface area (Å²) in [6.07, 6.45) is 2.88. The lowest BCUT2D eigenvalue weighted by molar-refractivity contribution is 0.527. The molecule has 1 atom stereocenters. The summed E-state index contributed by atoms with van der Waals surface area (Å²) in [5, 5.41) is 0. The second-order valence-corrected chi connectivity index (χ2v) is 2.38. The van der Waals surface area contributed by atoms with Gasteiger partial charge in [0.1, 0.15) is 11.5 Å². The van der Waals surface area contributed by atoms with Crippen LogP contribution in [0.1, 0.15) is 0 Å². The van der Waals surface area contributed by atoms with Gasteiger partial charge in [0, 0.05) is 6.21 Å². The van der Waals surface area contributed by atoms with Crippen molar-refractivity contribution in [3.05, 3.63) is 11.9 Å². The molecule has 0 radical (unpaired) electrons. The van der Waals surface area contributed by atoms with Crippen LogP contribution in [0.5, 0.6) is 0 Å². The highest BCUT2D eigenvalue weighted by atomic mass is 15.1. The van der Waals surface area contributed by atoms with Crippen molar-refractivity contribution < 1.29 is 0 Å². The third-order valence-corrected chi connectivity index (χ3v) is 1.36. The van der Waals surface area contributed by atoms with Crippen molar-refractivity contribution in [2.45, 2.75) is 11.7 Å². The first-order valence-electron chi connectivity index (χ1n) is 2.88. The molecule has 0 aromatic carbocycles. The summed E-state index contributed by atoms with van der Waals surface area (Å²) >= 11 is 0. The lowest BCUT2D eigenvalue weighted by Crippen LogP contribution is -2.64. The van der Waals surface area contributed by atoms with Crippen LogP contribution in [0.3, 0.4) is 0 Å². The molecule has 0 saturated carbocycles. The van der Waals surface area contributed by atoms with Gasteiger partial charge in [-0.25, -0.2) is 4.99 Å². The monoisotopic (exact) mass is 141 g/mol. The number of rotatable bonds is 0. The molecule has 1 unspecified atom stereocenters. The van der Waals surface area contributed by atoms with Gasteiger partial charge in [0.2, 0.25) is 0 Å². The van der Waals surface area contributed by atoms with E-state index in [1.54, 1.807) is 0 Å². The fraction of sp³-hybridized carbons (Fsp3) is 0.400. The maximum absolute atomic E-state index is 5.51. The van der Waals surface area contributed by atoms with Crippen LogP contribution in [0.4, 0.5) is 0 Å². The van der Waals surface area contributed by atoms with Crippen molar-refractivity contribution >= 4 is 6.21 Å². The molecule has 0 spiro atoms. The van der Waals surface area contributed by atoms with Gasteiger partial charge in [0.25, 0.3) is 0 Å². The van der Waals surface area contributed by atoms with Gasteiger partial charge in [0.05, 0.1) is 6.04 Å². The average Bonchev–Trinajstić information content (AvgIpc) is 1.81. The Morgan fingerprint density at radius 3 is 2.50 bits per heavy atom. The first-order valence-corrected chi connectivity index (χ1v) is 2.88. The SMILES string of the molecule is NC1=CC(N)C(N)(N)C=N1. The minimum atomic E-state index is -1.05. The van der Waals surface area contributed by atoms with E-state index < -0.39 is 11.7 Å². The van der Waals surface area contributed by atoms with Crippen LogP contribution < -0.4 is 22.9 Å². The first-order chi connectivity index (χ1) is 4.52. The molecule has 0 amide bonds. The lowest BCUT2D eigenvalue weighted by Gasteiger charge is -2.27. The summed E-state index contributed by atoms with van der Waals surface area (Å²) in [5.41, 5.74) is 20.7. The van der Waals surface area contributed by atoms with Gasteiger partial charge in [-0.15, -0.1) is 0 Å². The predicted molar refractivity (Wildman–Crippen MR) is 39.8 cm³/mol. The van der Waals surface area contributed by atoms with E-state index in [2.05, 4.69) is 4.99 Å². The molecule has 10 heavy (non-hydrogen) atoms. The molecule has 8 N–H and O–H groups in total. The number of nitrogens with two attached hydrogens (primary N) is 4. The Morgan fingerprint density at radius 2 is 2.10 bits per heavy atom. The predicted octanol–water partition coefficient (Wildman–Crippen LogP) is -2.19. The van der Waals surface area contributed by atoms with Crippen LogP contribution in [-0.4, -0.2) is 17.9 Å². The zero-order chi connectivity index (χ0) is 7.78. The molecule has 0 aromatic rings. The fourth-order valence-corrected chi connectivity index (χ4v) is 0.644. The maximum Gasteiger partial charge on any atom is 0.120 e. The Bertz CT molecular complexity index is 192. The Kier molecular flexibility index (Phi) is 1.47. The molecule has 5 heteroatoms. The smallest absolute Gasteiger partial charge is 0.120 e. The van der Waals surface area contributed by atoms with Gasteiger partial charge in [0.15, 0.2) is 0 Å². The van der Waals surface area contributed by atoms with E-state index in [0.29, 0.717) is 5.82 Å². The largest absolute Gasteiger partial charge is 0.384 e. The van der Waals surface area contributed by atoms with Gasteiger partial charge >= 0.3 is 0 Å². The molecule has 1 aliphatic rings. The second-order valence-electron chi connectivity index (χ2n) is 2.38. The van der Waals surface area contributed by atoms with E-state index in [-0.39, 0.29) is 0 Å². The molecule has 1 heterocycles. The highest BCUT2D eigenvalue weighted by molar-refractivity contribution is 5.73. The number of nitrogens with zero attached hydrogens (tertiary/aromatic N) is 1. The van der Waals surface area contributed by atoms with E-state index in [1.807, 2.05) is 0 Å². The number of aliphatic imine (C=N–C) groups is 1. The molecule has 1 rings (SSSR count). The quantitative estimate of drug-likeness (QED) is 0.287. The second kappa shape index (κ2) is 2.05. The zero-order valence-corrected chi connectivity index (χ0v) is 5.49. The van der Waals surface area contributed by atoms with E-state index in [4.69, 9.17) is 22.9 Å². The topological polar surface area (TPSA) is 116 Å². The first kappa shape index (κ1) is 7.20. The highest BCUT2D eigenvalue weighted by Crippen LogP contribution is 2.04. The summed E-state index contributed by atoms with van der Waals surface area (Å²) in [6, 6.07) is -0.454. The molecule has 0 aromatic heterocycles. The van der Waals surface area contributed by atoms with Gasteiger partial charge in [-0.05, 0) is 6.08 Å². The Labute approximate surface area is 58.8 Å². The summed E-state index contributed by atoms with van der Waals surface area (Å²) < 4.78 is 0. The third-order valence-electron chi connectivity index (χ3n) is 1.36. The van der Waals surface area contributed by atoms with E-state index in [0.717, 1.165) is 0 Å². The Balaban J connectivity index is 2.84. The third kappa shape index (κ3) is 1.15. The van der Waals surface area contributed by atoms with Gasteiger partial charge in [-0.2, -0.15) is 0 Å². The van der Waals surface area contributed by atoms with Crippen molar-refractivity contribution in [1.82, 2.24) is 0 Å². The Morgan fingerprint density at radius 1 is 1.50 bits per heavy atom. The number of hydrogen-bond acceptors (Lipinski definition) is 5. The zero-order valence-electron chi connectivity index (χ0n) is 5.49. The van der Waals surface area contributed by atoms with Crippen LogP contribution >= 0.6 is 0 Å². The molecule has 0 fully saturated rings. The summed E-state index contributed by atoms with van der Waals surface area (Å²) in [5.74, 6) is 0.360. The van der Waals surface area contributed by atoms with Crippen molar-refractivity contribution in [2.24, 2.45) is 27.9 Å². The maximum atomic E-state index is 5.51. The summed E-state index contributed by atoms with van der Waals surface area (Å²) in [4.78, 5) is 3.72. The van der Waals surface area contributed by atoms with Crippen molar-refractivity contribution in [2.75, 3.05) is 0 Å². The summed E-state index contributed by atoms with van der Waals surface area (Å²) in [6.45, 7) is 0. The normalized spacial score (nSPS) is 29.9. The van der Waals surface area contributed by atoms with E-state index in [9.17, 15) is 0 Å². The van der Waals surface area contributed by atoms with Crippen LogP contribution in [0.2, 0.25) is 0 Å². The molecule has 56 valence electrons. The molecule has 0 aliphatic carbocycles. The van der Waals surface area contributed by atoms with Crippen LogP contribution in [0, 0.1) is 0 Å². The fourth-order valence-electron chi connectivity index (χ4n) is 0.644. The molecule has 0 bridgehead atoms.